The van der Waals surface area contributed by atoms with Gasteiger partial charge < -0.3 is 9.79 Å². The average molecular weight is 308 g/mol. The highest BCUT2D eigenvalue weighted by Gasteiger charge is 2.15. The summed E-state index contributed by atoms with van der Waals surface area (Å²) < 4.78 is 15.3. The van der Waals surface area contributed by atoms with Crippen molar-refractivity contribution in [2.24, 2.45) is 5.92 Å². The standard InChI is InChI=1S/C15H33O4P/c1-3-5-7-9-11-15(12-10-8-6-4-2)13-14-19-20(16,17)18/h15H,3-14H2,1-2H3,(H2,16,17,18). The van der Waals surface area contributed by atoms with Crippen molar-refractivity contribution >= 4 is 7.82 Å². The van der Waals surface area contributed by atoms with Crippen molar-refractivity contribution in [2.45, 2.75) is 84.5 Å². The maximum atomic E-state index is 10.7. The van der Waals surface area contributed by atoms with Crippen LogP contribution < -0.4 is 0 Å². The Balaban J connectivity index is 3.87. The van der Waals surface area contributed by atoms with Crippen LogP contribution in [0.1, 0.15) is 84.5 Å². The molecule has 0 heterocycles. The molecule has 0 bridgehead atoms. The molecule has 2 N–H and O–H groups in total. The van der Waals surface area contributed by atoms with Crippen LogP contribution in [-0.4, -0.2) is 16.4 Å². The Morgan fingerprint density at radius 1 is 0.850 bits per heavy atom. The van der Waals surface area contributed by atoms with Crippen molar-refractivity contribution in [1.29, 1.82) is 0 Å². The summed E-state index contributed by atoms with van der Waals surface area (Å²) in [4.78, 5) is 17.4. The molecule has 0 radical (unpaired) electrons. The largest absolute Gasteiger partial charge is 0.469 e. The van der Waals surface area contributed by atoms with Gasteiger partial charge in [-0.15, -0.1) is 0 Å². The van der Waals surface area contributed by atoms with Crippen LogP contribution in [0.25, 0.3) is 0 Å². The first kappa shape index (κ1) is 20.1. The van der Waals surface area contributed by atoms with Crippen molar-refractivity contribution < 1.29 is 18.9 Å². The SMILES string of the molecule is CCCCCCC(CCCCCC)CCOP(=O)(O)O. The molecule has 4 nitrogen and oxygen atoms in total. The van der Waals surface area contributed by atoms with Gasteiger partial charge in [-0.3, -0.25) is 4.52 Å². The fourth-order valence-electron chi connectivity index (χ4n) is 2.49. The zero-order valence-electron chi connectivity index (χ0n) is 13.2. The van der Waals surface area contributed by atoms with Crippen LogP contribution in [0.5, 0.6) is 0 Å². The molecule has 0 aromatic carbocycles. The lowest BCUT2D eigenvalue weighted by atomic mass is 9.92. The van der Waals surface area contributed by atoms with Gasteiger partial charge in [0.25, 0.3) is 0 Å². The van der Waals surface area contributed by atoms with Gasteiger partial charge in [0.15, 0.2) is 0 Å². The van der Waals surface area contributed by atoms with Gasteiger partial charge in [0.1, 0.15) is 0 Å². The smallest absolute Gasteiger partial charge is 0.303 e. The number of rotatable bonds is 14. The normalized spacial score (nSPS) is 12.2. The van der Waals surface area contributed by atoms with Crippen LogP contribution in [0.4, 0.5) is 0 Å². The minimum Gasteiger partial charge on any atom is -0.303 e. The number of hydrogen-bond donors (Lipinski definition) is 2. The Morgan fingerprint density at radius 2 is 1.35 bits per heavy atom. The highest BCUT2D eigenvalue weighted by atomic mass is 31.2. The zero-order chi connectivity index (χ0) is 15.3. The van der Waals surface area contributed by atoms with E-state index in [9.17, 15) is 4.57 Å². The molecule has 0 aliphatic carbocycles. The first-order valence-corrected chi connectivity index (χ1v) is 9.72. The van der Waals surface area contributed by atoms with Crippen LogP contribution in [-0.2, 0) is 9.09 Å². The van der Waals surface area contributed by atoms with Gasteiger partial charge >= 0.3 is 7.82 Å². The Hall–Kier alpha value is 0.110. The predicted octanol–water partition coefficient (Wildman–Crippen LogP) is 5.04. The van der Waals surface area contributed by atoms with Gasteiger partial charge in [0.2, 0.25) is 0 Å². The number of phosphoric acid groups is 1. The van der Waals surface area contributed by atoms with E-state index in [0.717, 1.165) is 19.3 Å². The lowest BCUT2D eigenvalue weighted by Gasteiger charge is -2.17. The maximum Gasteiger partial charge on any atom is 0.469 e. The highest BCUT2D eigenvalue weighted by molar-refractivity contribution is 7.46. The van der Waals surface area contributed by atoms with E-state index >= 15 is 0 Å². The number of unbranched alkanes of at least 4 members (excludes halogenated alkanes) is 6. The summed E-state index contributed by atoms with van der Waals surface area (Å²) in [7, 11) is -4.29. The van der Waals surface area contributed by atoms with Gasteiger partial charge in [-0.05, 0) is 12.3 Å². The molecule has 0 aliphatic heterocycles. The molecule has 0 aromatic heterocycles. The second kappa shape index (κ2) is 12.8. The Morgan fingerprint density at radius 3 is 1.75 bits per heavy atom. The minimum atomic E-state index is -4.29. The summed E-state index contributed by atoms with van der Waals surface area (Å²) in [6.45, 7) is 4.59. The van der Waals surface area contributed by atoms with Crippen molar-refractivity contribution in [3.05, 3.63) is 0 Å². The first-order valence-electron chi connectivity index (χ1n) is 8.19. The Labute approximate surface area is 124 Å². The van der Waals surface area contributed by atoms with Crippen LogP contribution in [0.15, 0.2) is 0 Å². The van der Waals surface area contributed by atoms with Crippen molar-refractivity contribution in [1.82, 2.24) is 0 Å². The maximum absolute atomic E-state index is 10.7. The van der Waals surface area contributed by atoms with E-state index in [1.807, 2.05) is 0 Å². The van der Waals surface area contributed by atoms with Gasteiger partial charge in [0.05, 0.1) is 6.61 Å². The fourth-order valence-corrected chi connectivity index (χ4v) is 2.83. The van der Waals surface area contributed by atoms with E-state index in [2.05, 4.69) is 18.4 Å². The zero-order valence-corrected chi connectivity index (χ0v) is 14.1. The predicted molar refractivity (Wildman–Crippen MR) is 83.6 cm³/mol. The summed E-state index contributed by atoms with van der Waals surface area (Å²) >= 11 is 0. The molecule has 0 fully saturated rings. The van der Waals surface area contributed by atoms with Gasteiger partial charge in [-0.25, -0.2) is 4.57 Å². The van der Waals surface area contributed by atoms with Crippen molar-refractivity contribution in [3.8, 4) is 0 Å². The van der Waals surface area contributed by atoms with Gasteiger partial charge in [-0.2, -0.15) is 0 Å². The van der Waals surface area contributed by atoms with E-state index in [4.69, 9.17) is 9.79 Å². The summed E-state index contributed by atoms with van der Waals surface area (Å²) in [5.74, 6) is 0.551. The van der Waals surface area contributed by atoms with Crippen molar-refractivity contribution in [3.63, 3.8) is 0 Å². The van der Waals surface area contributed by atoms with Gasteiger partial charge in [-0.1, -0.05) is 78.1 Å². The van der Waals surface area contributed by atoms with E-state index in [1.165, 1.54) is 51.4 Å². The summed E-state index contributed by atoms with van der Waals surface area (Å²) in [6.07, 6.45) is 13.1. The molecule has 0 amide bonds. The highest BCUT2D eigenvalue weighted by Crippen LogP contribution is 2.36. The van der Waals surface area contributed by atoms with Crippen LogP contribution in [0.2, 0.25) is 0 Å². The molecule has 20 heavy (non-hydrogen) atoms. The molecule has 0 unspecified atom stereocenters. The molecule has 0 atom stereocenters. The molecular weight excluding hydrogens is 275 g/mol. The van der Waals surface area contributed by atoms with E-state index in [0.29, 0.717) is 5.92 Å². The minimum absolute atomic E-state index is 0.177. The molecule has 0 saturated carbocycles. The molecule has 0 rings (SSSR count). The van der Waals surface area contributed by atoms with Crippen LogP contribution in [0.3, 0.4) is 0 Å². The van der Waals surface area contributed by atoms with Crippen molar-refractivity contribution in [2.75, 3.05) is 6.61 Å². The molecule has 0 saturated heterocycles. The molecule has 0 spiro atoms. The third-order valence-corrected chi connectivity index (χ3v) is 4.24. The lowest BCUT2D eigenvalue weighted by molar-refractivity contribution is 0.179. The third kappa shape index (κ3) is 14.5. The van der Waals surface area contributed by atoms with Crippen LogP contribution in [0, 0.1) is 5.92 Å². The Kier molecular flexibility index (Phi) is 12.9. The summed E-state index contributed by atoms with van der Waals surface area (Å²) in [5.41, 5.74) is 0. The monoisotopic (exact) mass is 308 g/mol. The fraction of sp³-hybridized carbons (Fsp3) is 1.00. The first-order chi connectivity index (χ1) is 9.49. The Bertz CT molecular complexity index is 240. The molecule has 0 aliphatic rings. The van der Waals surface area contributed by atoms with E-state index < -0.39 is 7.82 Å². The van der Waals surface area contributed by atoms with Gasteiger partial charge in [0, 0.05) is 0 Å². The molecule has 122 valence electrons. The van der Waals surface area contributed by atoms with E-state index in [1.54, 1.807) is 0 Å². The summed E-state index contributed by atoms with van der Waals surface area (Å²) in [6, 6.07) is 0. The topological polar surface area (TPSA) is 66.8 Å². The lowest BCUT2D eigenvalue weighted by Crippen LogP contribution is -2.05. The van der Waals surface area contributed by atoms with Crippen LogP contribution >= 0.6 is 7.82 Å². The number of hydrogen-bond acceptors (Lipinski definition) is 2. The molecule has 0 aromatic rings. The average Bonchev–Trinajstić information content (AvgIpc) is 2.37. The molecular formula is C15H33O4P. The second-order valence-corrected chi connectivity index (χ2v) is 6.92. The van der Waals surface area contributed by atoms with E-state index in [-0.39, 0.29) is 6.61 Å². The molecule has 5 heteroatoms. The number of phosphoric ester groups is 1. The second-order valence-electron chi connectivity index (χ2n) is 5.68. The third-order valence-electron chi connectivity index (χ3n) is 3.72. The summed E-state index contributed by atoms with van der Waals surface area (Å²) in [5, 5.41) is 0. The quantitative estimate of drug-likeness (QED) is 0.348.